The number of nitrogens with zero attached hydrogens (tertiary/aromatic N) is 1. The summed E-state index contributed by atoms with van der Waals surface area (Å²) in [5.41, 5.74) is 5.17. The van der Waals surface area contributed by atoms with Crippen molar-refractivity contribution in [2.75, 3.05) is 13.1 Å². The van der Waals surface area contributed by atoms with Gasteiger partial charge in [0.2, 0.25) is 11.8 Å². The molecule has 5 heteroatoms. The zero-order chi connectivity index (χ0) is 13.1. The molecule has 1 heterocycles. The molecule has 0 saturated carbocycles. The topological polar surface area (TPSA) is 75.4 Å². The number of carbonyl (C=O) groups excluding carboxylic acids is 2. The normalized spacial score (nSPS) is 20.8. The first-order chi connectivity index (χ1) is 7.84. The second kappa shape index (κ2) is 5.49. The summed E-state index contributed by atoms with van der Waals surface area (Å²) >= 11 is 0. The number of nitrogens with one attached hydrogen (secondary N) is 1. The van der Waals surface area contributed by atoms with Crippen molar-refractivity contribution in [3.05, 3.63) is 0 Å². The van der Waals surface area contributed by atoms with Crippen molar-refractivity contribution >= 4 is 11.8 Å². The molecule has 1 aliphatic heterocycles. The lowest BCUT2D eigenvalue weighted by molar-refractivity contribution is -0.131. The van der Waals surface area contributed by atoms with Gasteiger partial charge in [-0.05, 0) is 33.7 Å². The van der Waals surface area contributed by atoms with Gasteiger partial charge in [-0.2, -0.15) is 0 Å². The molecule has 0 aromatic heterocycles. The summed E-state index contributed by atoms with van der Waals surface area (Å²) in [7, 11) is 0. The highest BCUT2D eigenvalue weighted by molar-refractivity contribution is 5.82. The molecule has 17 heavy (non-hydrogen) atoms. The standard InChI is InChI=1S/C12H23N3O2/c1-12(2,3)15-8-9(7-11(15)17)14-10(16)5-4-6-13/h9H,4-8,13H2,1-3H3,(H,14,16). The third-order valence-corrected chi connectivity index (χ3v) is 2.91. The summed E-state index contributed by atoms with van der Waals surface area (Å²) in [6.07, 6.45) is 1.54. The third-order valence-electron chi connectivity index (χ3n) is 2.91. The molecule has 3 N–H and O–H groups in total. The van der Waals surface area contributed by atoms with Crippen molar-refractivity contribution in [2.45, 2.75) is 51.6 Å². The highest BCUT2D eigenvalue weighted by Gasteiger charge is 2.36. The van der Waals surface area contributed by atoms with Gasteiger partial charge in [0.05, 0.1) is 6.04 Å². The quantitative estimate of drug-likeness (QED) is 0.740. The lowest BCUT2D eigenvalue weighted by Crippen LogP contribution is -2.44. The Kier molecular flexibility index (Phi) is 4.51. The fourth-order valence-corrected chi connectivity index (χ4v) is 2.01. The summed E-state index contributed by atoms with van der Waals surface area (Å²) in [4.78, 5) is 25.1. The smallest absolute Gasteiger partial charge is 0.225 e. The number of rotatable bonds is 4. The second-order valence-electron chi connectivity index (χ2n) is 5.54. The van der Waals surface area contributed by atoms with Gasteiger partial charge in [0.25, 0.3) is 0 Å². The van der Waals surface area contributed by atoms with Crippen LogP contribution in [0.4, 0.5) is 0 Å². The van der Waals surface area contributed by atoms with Crippen molar-refractivity contribution in [2.24, 2.45) is 5.73 Å². The Hall–Kier alpha value is -1.10. The first kappa shape index (κ1) is 14.0. The number of amides is 2. The van der Waals surface area contributed by atoms with Gasteiger partial charge >= 0.3 is 0 Å². The lowest BCUT2D eigenvalue weighted by atomic mass is 10.1. The molecule has 1 saturated heterocycles. The van der Waals surface area contributed by atoms with Crippen LogP contribution in [0.5, 0.6) is 0 Å². The van der Waals surface area contributed by atoms with Crippen molar-refractivity contribution in [3.8, 4) is 0 Å². The van der Waals surface area contributed by atoms with Crippen LogP contribution in [0, 0.1) is 0 Å². The lowest BCUT2D eigenvalue weighted by Gasteiger charge is -2.32. The fraction of sp³-hybridized carbons (Fsp3) is 0.833. The van der Waals surface area contributed by atoms with Crippen LogP contribution in [0.3, 0.4) is 0 Å². The summed E-state index contributed by atoms with van der Waals surface area (Å²) in [6, 6.07) is -0.0491. The minimum atomic E-state index is -0.173. The highest BCUT2D eigenvalue weighted by atomic mass is 16.2. The molecule has 1 rings (SSSR count). The first-order valence-electron chi connectivity index (χ1n) is 6.14. The molecular weight excluding hydrogens is 218 g/mol. The van der Waals surface area contributed by atoms with E-state index in [1.807, 2.05) is 25.7 Å². The van der Waals surface area contributed by atoms with Crippen LogP contribution in [0.2, 0.25) is 0 Å². The van der Waals surface area contributed by atoms with E-state index in [0.29, 0.717) is 32.4 Å². The molecule has 98 valence electrons. The maximum absolute atomic E-state index is 11.8. The number of nitrogens with two attached hydrogens (primary N) is 1. The number of likely N-dealkylation sites (tertiary alicyclic amines) is 1. The van der Waals surface area contributed by atoms with E-state index in [0.717, 1.165) is 0 Å². The molecule has 0 aromatic rings. The maximum atomic E-state index is 11.8. The van der Waals surface area contributed by atoms with Gasteiger partial charge < -0.3 is 16.0 Å². The number of carbonyl (C=O) groups is 2. The van der Waals surface area contributed by atoms with E-state index in [9.17, 15) is 9.59 Å². The van der Waals surface area contributed by atoms with E-state index < -0.39 is 0 Å². The van der Waals surface area contributed by atoms with E-state index in [1.54, 1.807) is 0 Å². The Bertz CT molecular complexity index is 297. The highest BCUT2D eigenvalue weighted by Crippen LogP contribution is 2.21. The molecule has 2 amide bonds. The molecular formula is C12H23N3O2. The van der Waals surface area contributed by atoms with Crippen LogP contribution in [-0.4, -0.2) is 41.4 Å². The largest absolute Gasteiger partial charge is 0.351 e. The predicted molar refractivity (Wildman–Crippen MR) is 66.3 cm³/mol. The predicted octanol–water partition coefficient (Wildman–Crippen LogP) is 0.241. The summed E-state index contributed by atoms with van der Waals surface area (Å²) < 4.78 is 0. The second-order valence-corrected chi connectivity index (χ2v) is 5.54. The zero-order valence-corrected chi connectivity index (χ0v) is 11.0. The Balaban J connectivity index is 2.44. The molecule has 1 unspecified atom stereocenters. The van der Waals surface area contributed by atoms with Crippen LogP contribution in [0.1, 0.15) is 40.0 Å². The van der Waals surface area contributed by atoms with Gasteiger partial charge in [-0.1, -0.05) is 0 Å². The Morgan fingerprint density at radius 3 is 2.65 bits per heavy atom. The molecule has 0 spiro atoms. The van der Waals surface area contributed by atoms with Crippen molar-refractivity contribution in [1.82, 2.24) is 10.2 Å². The molecule has 0 aliphatic carbocycles. The van der Waals surface area contributed by atoms with Crippen molar-refractivity contribution in [1.29, 1.82) is 0 Å². The maximum Gasteiger partial charge on any atom is 0.225 e. The molecule has 1 fully saturated rings. The van der Waals surface area contributed by atoms with Crippen LogP contribution in [0.25, 0.3) is 0 Å². The molecule has 1 aliphatic rings. The monoisotopic (exact) mass is 241 g/mol. The summed E-state index contributed by atoms with van der Waals surface area (Å²) in [5.74, 6) is 0.102. The first-order valence-corrected chi connectivity index (χ1v) is 6.14. The number of hydrogen-bond acceptors (Lipinski definition) is 3. The van der Waals surface area contributed by atoms with Gasteiger partial charge in [0.15, 0.2) is 0 Å². The molecule has 0 bridgehead atoms. The van der Waals surface area contributed by atoms with Gasteiger partial charge in [0, 0.05) is 24.9 Å². The Morgan fingerprint density at radius 2 is 2.18 bits per heavy atom. The van der Waals surface area contributed by atoms with Gasteiger partial charge in [-0.25, -0.2) is 0 Å². The third kappa shape index (κ3) is 4.00. The SMILES string of the molecule is CC(C)(C)N1CC(NC(=O)CCCN)CC1=O. The molecule has 0 aromatic carbocycles. The van der Waals surface area contributed by atoms with Gasteiger partial charge in [0.1, 0.15) is 0 Å². The van der Waals surface area contributed by atoms with E-state index in [2.05, 4.69) is 5.32 Å². The van der Waals surface area contributed by atoms with Crippen LogP contribution in [-0.2, 0) is 9.59 Å². The molecule has 5 nitrogen and oxygen atoms in total. The number of hydrogen-bond donors (Lipinski definition) is 2. The van der Waals surface area contributed by atoms with E-state index in [1.165, 1.54) is 0 Å². The molecule has 1 atom stereocenters. The van der Waals surface area contributed by atoms with E-state index in [4.69, 9.17) is 5.73 Å². The van der Waals surface area contributed by atoms with E-state index >= 15 is 0 Å². The van der Waals surface area contributed by atoms with E-state index in [-0.39, 0.29) is 23.4 Å². The van der Waals surface area contributed by atoms with Crippen molar-refractivity contribution in [3.63, 3.8) is 0 Å². The Labute approximate surface area is 103 Å². The van der Waals surface area contributed by atoms with Gasteiger partial charge in [-0.3, -0.25) is 9.59 Å². The van der Waals surface area contributed by atoms with Crippen LogP contribution in [0.15, 0.2) is 0 Å². The van der Waals surface area contributed by atoms with Crippen molar-refractivity contribution < 1.29 is 9.59 Å². The minimum absolute atomic E-state index is 0.0102. The van der Waals surface area contributed by atoms with Gasteiger partial charge in [-0.15, -0.1) is 0 Å². The fourth-order valence-electron chi connectivity index (χ4n) is 2.01. The van der Waals surface area contributed by atoms with Crippen LogP contribution < -0.4 is 11.1 Å². The Morgan fingerprint density at radius 1 is 1.53 bits per heavy atom. The minimum Gasteiger partial charge on any atom is -0.351 e. The zero-order valence-electron chi connectivity index (χ0n) is 11.0. The average molecular weight is 241 g/mol. The average Bonchev–Trinajstić information content (AvgIpc) is 2.56. The summed E-state index contributed by atoms with van der Waals surface area (Å²) in [6.45, 7) is 7.14. The van der Waals surface area contributed by atoms with Crippen LogP contribution >= 0.6 is 0 Å². The summed E-state index contributed by atoms with van der Waals surface area (Å²) in [5, 5.41) is 2.89. The molecule has 0 radical (unpaired) electrons.